The van der Waals surface area contributed by atoms with Crippen LogP contribution in [0.15, 0.2) is 36.5 Å². The van der Waals surface area contributed by atoms with Crippen LogP contribution in [0.25, 0.3) is 11.3 Å². The van der Waals surface area contributed by atoms with Gasteiger partial charge in [0.05, 0.1) is 17.8 Å². The van der Waals surface area contributed by atoms with Crippen LogP contribution in [0, 0.1) is 0 Å². The Morgan fingerprint density at radius 2 is 1.87 bits per heavy atom. The zero-order valence-electron chi connectivity index (χ0n) is 13.4. The van der Waals surface area contributed by atoms with Crippen molar-refractivity contribution in [2.45, 2.75) is 57.0 Å². The topological polar surface area (TPSA) is 46.9 Å². The summed E-state index contributed by atoms with van der Waals surface area (Å²) in [4.78, 5) is 17.3. The minimum absolute atomic E-state index is 0.0955. The Kier molecular flexibility index (Phi) is 3.90. The molecule has 1 aliphatic heterocycles. The van der Waals surface area contributed by atoms with Crippen molar-refractivity contribution in [2.75, 3.05) is 0 Å². The monoisotopic (exact) mass is 309 g/mol. The molecule has 23 heavy (non-hydrogen) atoms. The van der Waals surface area contributed by atoms with Crippen molar-refractivity contribution in [1.82, 2.24) is 14.9 Å². The van der Waals surface area contributed by atoms with Gasteiger partial charge in [-0.05, 0) is 31.2 Å². The number of nitrogens with zero attached hydrogens (tertiary/aromatic N) is 2. The molecule has 1 aliphatic carbocycles. The average Bonchev–Trinajstić information content (AvgIpc) is 3.24. The van der Waals surface area contributed by atoms with E-state index in [1.807, 2.05) is 24.4 Å². The number of benzene rings is 1. The van der Waals surface area contributed by atoms with Crippen LogP contribution >= 0.6 is 0 Å². The van der Waals surface area contributed by atoms with Crippen molar-refractivity contribution >= 4 is 5.91 Å². The van der Waals surface area contributed by atoms with E-state index < -0.39 is 0 Å². The van der Waals surface area contributed by atoms with Gasteiger partial charge in [0.15, 0.2) is 0 Å². The van der Waals surface area contributed by atoms with Crippen molar-refractivity contribution in [3.8, 4) is 11.3 Å². The maximum Gasteiger partial charge on any atom is 0.230 e. The second-order valence-electron chi connectivity index (χ2n) is 6.70. The number of rotatable bonds is 3. The molecule has 2 aliphatic rings. The van der Waals surface area contributed by atoms with Gasteiger partial charge in [0.25, 0.3) is 0 Å². The molecule has 2 aromatic rings. The van der Waals surface area contributed by atoms with E-state index in [-0.39, 0.29) is 11.8 Å². The van der Waals surface area contributed by atoms with Crippen LogP contribution < -0.4 is 5.32 Å². The van der Waals surface area contributed by atoms with Gasteiger partial charge in [-0.15, -0.1) is 0 Å². The van der Waals surface area contributed by atoms with Crippen molar-refractivity contribution in [3.05, 3.63) is 42.4 Å². The van der Waals surface area contributed by atoms with Crippen LogP contribution in [0.1, 0.15) is 50.3 Å². The molecule has 1 atom stereocenters. The van der Waals surface area contributed by atoms with Gasteiger partial charge in [-0.3, -0.25) is 4.79 Å². The number of hydrogen-bond donors (Lipinski definition) is 1. The number of fused-ring (bicyclic) bond motifs is 1. The number of hydrogen-bond acceptors (Lipinski definition) is 2. The Balaban J connectivity index is 1.59. The van der Waals surface area contributed by atoms with Crippen molar-refractivity contribution in [2.24, 2.45) is 0 Å². The van der Waals surface area contributed by atoms with E-state index in [9.17, 15) is 4.79 Å². The van der Waals surface area contributed by atoms with E-state index in [2.05, 4.69) is 27.0 Å². The van der Waals surface area contributed by atoms with Gasteiger partial charge in [0.2, 0.25) is 5.91 Å². The molecule has 1 fully saturated rings. The lowest BCUT2D eigenvalue weighted by atomic mass is 9.97. The summed E-state index contributed by atoms with van der Waals surface area (Å²) < 4.78 is 2.23. The molecular weight excluding hydrogens is 286 g/mol. The van der Waals surface area contributed by atoms with E-state index in [1.165, 1.54) is 18.4 Å². The lowest BCUT2D eigenvalue weighted by Gasteiger charge is -2.25. The van der Waals surface area contributed by atoms with E-state index in [0.717, 1.165) is 43.7 Å². The number of amides is 1. The van der Waals surface area contributed by atoms with Crippen molar-refractivity contribution in [1.29, 1.82) is 0 Å². The Labute approximate surface area is 136 Å². The molecule has 1 amide bonds. The van der Waals surface area contributed by atoms with Gasteiger partial charge in [-0.25, -0.2) is 4.98 Å². The molecule has 1 saturated carbocycles. The maximum atomic E-state index is 12.7. The van der Waals surface area contributed by atoms with Gasteiger partial charge < -0.3 is 9.88 Å². The molecule has 1 aromatic carbocycles. The van der Waals surface area contributed by atoms with E-state index in [1.54, 1.807) is 0 Å². The van der Waals surface area contributed by atoms with Crippen LogP contribution in [-0.4, -0.2) is 21.5 Å². The third-order valence-corrected chi connectivity index (χ3v) is 5.16. The Hall–Kier alpha value is -2.10. The molecule has 2 heterocycles. The SMILES string of the molecule is O=C(NC1CCCC1)C1CCCn2c(-c3ccccc3)cnc21. The Morgan fingerprint density at radius 1 is 1.09 bits per heavy atom. The average molecular weight is 309 g/mol. The quantitative estimate of drug-likeness (QED) is 0.943. The second-order valence-corrected chi connectivity index (χ2v) is 6.70. The summed E-state index contributed by atoms with van der Waals surface area (Å²) in [6.45, 7) is 0.951. The van der Waals surface area contributed by atoms with E-state index >= 15 is 0 Å². The zero-order valence-corrected chi connectivity index (χ0v) is 13.4. The highest BCUT2D eigenvalue weighted by Crippen LogP contribution is 2.32. The number of imidazole rings is 1. The molecule has 1 unspecified atom stereocenters. The molecule has 0 bridgehead atoms. The van der Waals surface area contributed by atoms with Crippen LogP contribution in [0.4, 0.5) is 0 Å². The third kappa shape index (κ3) is 2.78. The minimum Gasteiger partial charge on any atom is -0.353 e. The predicted molar refractivity (Wildman–Crippen MR) is 90.0 cm³/mol. The summed E-state index contributed by atoms with van der Waals surface area (Å²) >= 11 is 0. The minimum atomic E-state index is -0.0955. The molecule has 0 radical (unpaired) electrons. The molecular formula is C19H23N3O. The number of carbonyl (C=O) groups is 1. The van der Waals surface area contributed by atoms with Crippen LogP contribution in [0.3, 0.4) is 0 Å². The molecule has 4 heteroatoms. The van der Waals surface area contributed by atoms with E-state index in [4.69, 9.17) is 0 Å². The highest BCUT2D eigenvalue weighted by Gasteiger charge is 2.31. The lowest BCUT2D eigenvalue weighted by Crippen LogP contribution is -2.38. The first-order valence-electron chi connectivity index (χ1n) is 8.74. The summed E-state index contributed by atoms with van der Waals surface area (Å²) in [6, 6.07) is 10.7. The first kappa shape index (κ1) is 14.5. The zero-order chi connectivity index (χ0) is 15.6. The first-order valence-corrected chi connectivity index (χ1v) is 8.74. The van der Waals surface area contributed by atoms with Crippen molar-refractivity contribution < 1.29 is 4.79 Å². The van der Waals surface area contributed by atoms with Gasteiger partial charge in [-0.2, -0.15) is 0 Å². The van der Waals surface area contributed by atoms with Gasteiger partial charge in [0.1, 0.15) is 5.82 Å². The highest BCUT2D eigenvalue weighted by molar-refractivity contribution is 5.83. The fourth-order valence-corrected chi connectivity index (χ4v) is 3.95. The Bertz CT molecular complexity index is 686. The first-order chi connectivity index (χ1) is 11.3. The van der Waals surface area contributed by atoms with Crippen molar-refractivity contribution in [3.63, 3.8) is 0 Å². The fourth-order valence-electron chi connectivity index (χ4n) is 3.95. The molecule has 0 spiro atoms. The number of carbonyl (C=O) groups excluding carboxylic acids is 1. The predicted octanol–water partition coefficient (Wildman–Crippen LogP) is 3.49. The van der Waals surface area contributed by atoms with Crippen LogP contribution in [-0.2, 0) is 11.3 Å². The molecule has 0 saturated heterocycles. The second kappa shape index (κ2) is 6.19. The summed E-state index contributed by atoms with van der Waals surface area (Å²) in [7, 11) is 0. The number of nitrogens with one attached hydrogen (secondary N) is 1. The number of aromatic nitrogens is 2. The molecule has 4 nitrogen and oxygen atoms in total. The summed E-state index contributed by atoms with van der Waals surface area (Å²) in [5, 5.41) is 3.25. The molecule has 1 aromatic heterocycles. The highest BCUT2D eigenvalue weighted by atomic mass is 16.2. The molecule has 1 N–H and O–H groups in total. The van der Waals surface area contributed by atoms with Gasteiger partial charge in [0, 0.05) is 12.6 Å². The lowest BCUT2D eigenvalue weighted by molar-refractivity contribution is -0.123. The smallest absolute Gasteiger partial charge is 0.230 e. The molecule has 4 rings (SSSR count). The molecule has 120 valence electrons. The normalized spacial score (nSPS) is 21.1. The summed E-state index contributed by atoms with van der Waals surface area (Å²) in [6.07, 6.45) is 8.59. The third-order valence-electron chi connectivity index (χ3n) is 5.16. The Morgan fingerprint density at radius 3 is 2.65 bits per heavy atom. The largest absolute Gasteiger partial charge is 0.353 e. The fraction of sp³-hybridized carbons (Fsp3) is 0.474. The summed E-state index contributed by atoms with van der Waals surface area (Å²) in [5.41, 5.74) is 2.29. The standard InChI is InChI=1S/C19H23N3O/c23-19(21-15-9-4-5-10-15)16-11-6-12-22-17(13-20-18(16)22)14-7-2-1-3-8-14/h1-3,7-8,13,15-16H,4-6,9-12H2,(H,21,23). The van der Waals surface area contributed by atoms with Crippen LogP contribution in [0.2, 0.25) is 0 Å². The van der Waals surface area contributed by atoms with Crippen LogP contribution in [0.5, 0.6) is 0 Å². The van der Waals surface area contributed by atoms with E-state index in [0.29, 0.717) is 6.04 Å². The summed E-state index contributed by atoms with van der Waals surface area (Å²) in [5.74, 6) is 1.01. The van der Waals surface area contributed by atoms with Gasteiger partial charge >= 0.3 is 0 Å². The maximum absolute atomic E-state index is 12.7. The van der Waals surface area contributed by atoms with Gasteiger partial charge in [-0.1, -0.05) is 43.2 Å².